The molecule has 0 saturated carbocycles. The summed E-state index contributed by atoms with van der Waals surface area (Å²) in [6.45, 7) is 3.68. The molecule has 0 heterocycles. The molecule has 0 aliphatic rings. The van der Waals surface area contributed by atoms with E-state index in [0.717, 1.165) is 13.2 Å². The highest BCUT2D eigenvalue weighted by Crippen LogP contribution is 2.09. The smallest absolute Gasteiger partial charge is 0.134 e. The van der Waals surface area contributed by atoms with Gasteiger partial charge in [-0.05, 0) is 6.92 Å². The van der Waals surface area contributed by atoms with Crippen LogP contribution in [0.1, 0.15) is 12.5 Å². The van der Waals surface area contributed by atoms with Gasteiger partial charge in [0, 0.05) is 5.56 Å². The van der Waals surface area contributed by atoms with Gasteiger partial charge in [0.05, 0.1) is 14.1 Å². The Morgan fingerprint density at radius 1 is 1.15 bits per heavy atom. The van der Waals surface area contributed by atoms with Crippen LogP contribution in [0.4, 0.5) is 0 Å². The largest absolute Gasteiger partial charge is 0.203 e. The summed E-state index contributed by atoms with van der Waals surface area (Å²) in [5.74, 6) is 0. The first kappa shape index (κ1) is 10.2. The van der Waals surface area contributed by atoms with Crippen molar-refractivity contribution in [3.05, 3.63) is 35.9 Å². The molecule has 2 nitrogen and oxygen atoms in total. The van der Waals surface area contributed by atoms with Crippen LogP contribution in [-0.2, 0) is 11.4 Å². The molecule has 0 radical (unpaired) electrons. The highest BCUT2D eigenvalue weighted by atomic mass is 16.7. The van der Waals surface area contributed by atoms with E-state index < -0.39 is 0 Å². The first-order chi connectivity index (χ1) is 6.14. The van der Waals surface area contributed by atoms with Crippen LogP contribution >= 0.6 is 0 Å². The molecule has 0 aliphatic heterocycles. The fourth-order valence-electron chi connectivity index (χ4n) is 1.42. The van der Waals surface area contributed by atoms with E-state index in [9.17, 15) is 0 Å². The zero-order valence-corrected chi connectivity index (χ0v) is 8.66. The van der Waals surface area contributed by atoms with E-state index in [2.05, 4.69) is 38.4 Å². The third-order valence-electron chi connectivity index (χ3n) is 1.88. The summed E-state index contributed by atoms with van der Waals surface area (Å²) in [7, 11) is 4.13. The van der Waals surface area contributed by atoms with Crippen molar-refractivity contribution in [2.24, 2.45) is 0 Å². The van der Waals surface area contributed by atoms with Crippen LogP contribution in [0, 0.1) is 0 Å². The van der Waals surface area contributed by atoms with Gasteiger partial charge in [0.15, 0.2) is 0 Å². The lowest BCUT2D eigenvalue weighted by Gasteiger charge is -2.26. The zero-order chi connectivity index (χ0) is 9.73. The summed E-state index contributed by atoms with van der Waals surface area (Å²) in [6.07, 6.45) is 0. The van der Waals surface area contributed by atoms with Gasteiger partial charge in [-0.1, -0.05) is 30.3 Å². The minimum absolute atomic E-state index is 0.584. The Labute approximate surface area is 80.3 Å². The fraction of sp³-hybridized carbons (Fsp3) is 0.455. The van der Waals surface area contributed by atoms with Gasteiger partial charge in [0.1, 0.15) is 13.2 Å². The molecule has 1 aromatic carbocycles. The molecule has 0 saturated heterocycles. The molecule has 2 heteroatoms. The van der Waals surface area contributed by atoms with E-state index in [-0.39, 0.29) is 0 Å². The van der Waals surface area contributed by atoms with Crippen molar-refractivity contribution in [2.75, 3.05) is 20.7 Å². The Hall–Kier alpha value is -0.860. The van der Waals surface area contributed by atoms with Gasteiger partial charge < -0.3 is 0 Å². The number of hydrogen-bond acceptors (Lipinski definition) is 1. The normalized spacial score (nSPS) is 11.6. The fourth-order valence-corrected chi connectivity index (χ4v) is 1.42. The van der Waals surface area contributed by atoms with Crippen LogP contribution in [0.5, 0.6) is 0 Å². The van der Waals surface area contributed by atoms with E-state index in [0.29, 0.717) is 4.65 Å². The number of hydrogen-bond donors (Lipinski definition) is 0. The molecule has 1 aromatic rings. The predicted molar refractivity (Wildman–Crippen MR) is 53.9 cm³/mol. The average Bonchev–Trinajstić information content (AvgIpc) is 2.04. The van der Waals surface area contributed by atoms with Crippen LogP contribution in [0.15, 0.2) is 30.3 Å². The second-order valence-electron chi connectivity index (χ2n) is 3.64. The predicted octanol–water partition coefficient (Wildman–Crippen LogP) is 2.21. The Morgan fingerprint density at radius 3 is 2.31 bits per heavy atom. The summed E-state index contributed by atoms with van der Waals surface area (Å²) >= 11 is 0. The maximum atomic E-state index is 5.57. The van der Waals surface area contributed by atoms with Crippen molar-refractivity contribution in [3.63, 3.8) is 0 Å². The second-order valence-corrected chi connectivity index (χ2v) is 3.64. The van der Waals surface area contributed by atoms with Gasteiger partial charge in [0.25, 0.3) is 0 Å². The van der Waals surface area contributed by atoms with Crippen LogP contribution in [0.2, 0.25) is 0 Å². The summed E-state index contributed by atoms with van der Waals surface area (Å²) < 4.78 is 0.584. The van der Waals surface area contributed by atoms with Crippen molar-refractivity contribution in [2.45, 2.75) is 13.5 Å². The van der Waals surface area contributed by atoms with Gasteiger partial charge in [-0.3, -0.25) is 0 Å². The standard InChI is InChI=1S/C11H18NO/c1-4-13-12(2,3)10-11-8-6-5-7-9-11/h5-9H,4,10H2,1-3H3/q+1. The highest BCUT2D eigenvalue weighted by Gasteiger charge is 2.15. The number of rotatable bonds is 4. The molecule has 1 rings (SSSR count). The first-order valence-corrected chi connectivity index (χ1v) is 4.65. The minimum Gasteiger partial charge on any atom is -0.203 e. The molecule has 0 bridgehead atoms. The van der Waals surface area contributed by atoms with Gasteiger partial charge >= 0.3 is 0 Å². The first-order valence-electron chi connectivity index (χ1n) is 4.65. The molecule has 0 N–H and O–H groups in total. The lowest BCUT2D eigenvalue weighted by atomic mass is 10.2. The highest BCUT2D eigenvalue weighted by molar-refractivity contribution is 5.13. The topological polar surface area (TPSA) is 9.23 Å². The molecule has 0 amide bonds. The number of quaternary nitrogens is 1. The van der Waals surface area contributed by atoms with E-state index in [1.54, 1.807) is 0 Å². The van der Waals surface area contributed by atoms with Crippen molar-refractivity contribution in [1.82, 2.24) is 0 Å². The Balaban J connectivity index is 2.58. The van der Waals surface area contributed by atoms with E-state index >= 15 is 0 Å². The van der Waals surface area contributed by atoms with Crippen LogP contribution in [0.25, 0.3) is 0 Å². The zero-order valence-electron chi connectivity index (χ0n) is 8.66. The van der Waals surface area contributed by atoms with E-state index in [1.807, 2.05) is 13.0 Å². The maximum Gasteiger partial charge on any atom is 0.134 e. The molecule has 0 atom stereocenters. The molecule has 0 fully saturated rings. The monoisotopic (exact) mass is 180 g/mol. The summed E-state index contributed by atoms with van der Waals surface area (Å²) in [4.78, 5) is 5.57. The lowest BCUT2D eigenvalue weighted by molar-refractivity contribution is -1.09. The number of benzene rings is 1. The summed E-state index contributed by atoms with van der Waals surface area (Å²) in [6, 6.07) is 10.4. The van der Waals surface area contributed by atoms with Crippen LogP contribution < -0.4 is 0 Å². The molecule has 0 aromatic heterocycles. The number of nitrogens with zero attached hydrogens (tertiary/aromatic N) is 1. The average molecular weight is 180 g/mol. The molecular formula is C11H18NO+. The Morgan fingerprint density at radius 2 is 1.77 bits per heavy atom. The van der Waals surface area contributed by atoms with Gasteiger partial charge in [0.2, 0.25) is 0 Å². The second kappa shape index (κ2) is 4.40. The van der Waals surface area contributed by atoms with Gasteiger partial charge in [-0.2, -0.15) is 4.65 Å². The van der Waals surface area contributed by atoms with Crippen molar-refractivity contribution >= 4 is 0 Å². The SMILES string of the molecule is CCO[N+](C)(C)Cc1ccccc1. The third kappa shape index (κ3) is 3.57. The molecule has 0 unspecified atom stereocenters. The van der Waals surface area contributed by atoms with Crippen molar-refractivity contribution < 1.29 is 9.48 Å². The Kier molecular flexibility index (Phi) is 3.46. The van der Waals surface area contributed by atoms with Gasteiger partial charge in [-0.25, -0.2) is 4.84 Å². The molecule has 0 spiro atoms. The number of hydroxylamine groups is 3. The van der Waals surface area contributed by atoms with Crippen molar-refractivity contribution in [1.29, 1.82) is 0 Å². The molecule has 13 heavy (non-hydrogen) atoms. The van der Waals surface area contributed by atoms with Gasteiger partial charge in [-0.15, -0.1) is 0 Å². The van der Waals surface area contributed by atoms with E-state index in [4.69, 9.17) is 4.84 Å². The van der Waals surface area contributed by atoms with Crippen LogP contribution in [-0.4, -0.2) is 25.3 Å². The van der Waals surface area contributed by atoms with Crippen LogP contribution in [0.3, 0.4) is 0 Å². The Bertz CT molecular complexity index is 244. The molecule has 0 aliphatic carbocycles. The summed E-state index contributed by atoms with van der Waals surface area (Å²) in [5.41, 5.74) is 1.31. The third-order valence-corrected chi connectivity index (χ3v) is 1.88. The maximum absolute atomic E-state index is 5.57. The minimum atomic E-state index is 0.584. The van der Waals surface area contributed by atoms with E-state index in [1.165, 1.54) is 5.56 Å². The molecular weight excluding hydrogens is 162 g/mol. The quantitative estimate of drug-likeness (QED) is 0.510. The summed E-state index contributed by atoms with van der Waals surface area (Å²) in [5, 5.41) is 0. The molecule has 72 valence electrons. The lowest BCUT2D eigenvalue weighted by Crippen LogP contribution is -2.38. The van der Waals surface area contributed by atoms with Crippen molar-refractivity contribution in [3.8, 4) is 0 Å².